The molecular weight excluding hydrogens is 438 g/mol. The quantitative estimate of drug-likeness (QED) is 0.418. The Morgan fingerprint density at radius 2 is 1.79 bits per heavy atom. The zero-order chi connectivity index (χ0) is 23.7. The van der Waals surface area contributed by atoms with Gasteiger partial charge in [-0.15, -0.1) is 0 Å². The standard InChI is InChI=1S/C25H23N3O6/c1-31-18-10-6-9-17(15-18)28-23(29)19-20(25(30)32-2)24(27-11-13-33-14-12-27)34-22(19)21(26-28)16-7-4-3-5-8-16/h3-10,15H,11-14H2,1-2H3. The van der Waals surface area contributed by atoms with Crippen LogP contribution in [-0.4, -0.2) is 56.3 Å². The van der Waals surface area contributed by atoms with Crippen molar-refractivity contribution >= 4 is 22.8 Å². The largest absolute Gasteiger partial charge is 0.497 e. The first-order chi connectivity index (χ1) is 16.6. The lowest BCUT2D eigenvalue weighted by Gasteiger charge is -2.26. The van der Waals surface area contributed by atoms with E-state index < -0.39 is 11.5 Å². The normalized spacial score (nSPS) is 13.8. The molecule has 0 saturated carbocycles. The Balaban J connectivity index is 1.87. The van der Waals surface area contributed by atoms with Crippen LogP contribution in [0.15, 0.2) is 63.8 Å². The number of anilines is 1. The first-order valence-corrected chi connectivity index (χ1v) is 10.8. The Hall–Kier alpha value is -4.11. The maximum absolute atomic E-state index is 13.8. The van der Waals surface area contributed by atoms with Gasteiger partial charge in [0.15, 0.2) is 5.58 Å². The second-order valence-corrected chi connectivity index (χ2v) is 7.71. The van der Waals surface area contributed by atoms with Crippen molar-refractivity contribution in [3.8, 4) is 22.7 Å². The van der Waals surface area contributed by atoms with E-state index >= 15 is 0 Å². The first kappa shape index (κ1) is 21.7. The fraction of sp³-hybridized carbons (Fsp3) is 0.240. The number of rotatable bonds is 5. The molecule has 5 rings (SSSR count). The topological polar surface area (TPSA) is 96.0 Å². The lowest BCUT2D eigenvalue weighted by molar-refractivity contribution is 0.0601. The average Bonchev–Trinajstić information content (AvgIpc) is 3.31. The molecular formula is C25H23N3O6. The minimum atomic E-state index is -0.653. The summed E-state index contributed by atoms with van der Waals surface area (Å²) < 4.78 is 23.3. The molecule has 3 heterocycles. The summed E-state index contributed by atoms with van der Waals surface area (Å²) in [6.45, 7) is 2.00. The highest BCUT2D eigenvalue weighted by Gasteiger charge is 2.32. The van der Waals surface area contributed by atoms with Crippen LogP contribution in [0.1, 0.15) is 10.4 Å². The number of carbonyl (C=O) groups is 1. The lowest BCUT2D eigenvalue weighted by atomic mass is 10.1. The third-order valence-corrected chi connectivity index (χ3v) is 5.74. The molecule has 0 unspecified atom stereocenters. The Labute approximate surface area is 195 Å². The number of benzene rings is 2. The molecule has 1 fully saturated rings. The molecule has 0 N–H and O–H groups in total. The molecule has 0 atom stereocenters. The average molecular weight is 461 g/mol. The van der Waals surface area contributed by atoms with Gasteiger partial charge in [0.2, 0.25) is 5.88 Å². The first-order valence-electron chi connectivity index (χ1n) is 10.8. The van der Waals surface area contributed by atoms with Gasteiger partial charge in [0.25, 0.3) is 5.56 Å². The van der Waals surface area contributed by atoms with E-state index in [0.29, 0.717) is 43.4 Å². The third-order valence-electron chi connectivity index (χ3n) is 5.74. The molecule has 0 spiro atoms. The predicted molar refractivity (Wildman–Crippen MR) is 126 cm³/mol. The van der Waals surface area contributed by atoms with Gasteiger partial charge in [0.05, 0.1) is 33.1 Å². The number of carbonyl (C=O) groups excluding carboxylic acids is 1. The number of morpholine rings is 1. The summed E-state index contributed by atoms with van der Waals surface area (Å²) >= 11 is 0. The molecule has 0 radical (unpaired) electrons. The van der Waals surface area contributed by atoms with Gasteiger partial charge in [-0.3, -0.25) is 4.79 Å². The molecule has 34 heavy (non-hydrogen) atoms. The van der Waals surface area contributed by atoms with Crippen molar-refractivity contribution in [2.75, 3.05) is 45.4 Å². The number of furan rings is 1. The molecule has 2 aromatic carbocycles. The fourth-order valence-corrected chi connectivity index (χ4v) is 4.07. The summed E-state index contributed by atoms with van der Waals surface area (Å²) in [6, 6.07) is 16.4. The van der Waals surface area contributed by atoms with Gasteiger partial charge in [-0.1, -0.05) is 36.4 Å². The number of ether oxygens (including phenoxy) is 3. The van der Waals surface area contributed by atoms with Crippen molar-refractivity contribution in [3.63, 3.8) is 0 Å². The van der Waals surface area contributed by atoms with E-state index in [1.54, 1.807) is 31.4 Å². The van der Waals surface area contributed by atoms with Crippen molar-refractivity contribution in [2.45, 2.75) is 0 Å². The van der Waals surface area contributed by atoms with Crippen LogP contribution < -0.4 is 15.2 Å². The van der Waals surface area contributed by atoms with E-state index in [0.717, 1.165) is 5.56 Å². The van der Waals surface area contributed by atoms with E-state index in [2.05, 4.69) is 5.10 Å². The molecule has 9 nitrogen and oxygen atoms in total. The Morgan fingerprint density at radius 1 is 1.03 bits per heavy atom. The minimum absolute atomic E-state index is 0.0839. The van der Waals surface area contributed by atoms with Crippen molar-refractivity contribution in [3.05, 3.63) is 70.5 Å². The molecule has 9 heteroatoms. The van der Waals surface area contributed by atoms with E-state index in [1.807, 2.05) is 35.2 Å². The SMILES string of the molecule is COC(=O)c1c(N2CCOCC2)oc2c(-c3ccccc3)nn(-c3cccc(OC)c3)c(=O)c12. The third kappa shape index (κ3) is 3.69. The number of hydrogen-bond donors (Lipinski definition) is 0. The molecule has 2 aromatic heterocycles. The van der Waals surface area contributed by atoms with Gasteiger partial charge in [-0.25, -0.2) is 4.79 Å². The number of nitrogens with zero attached hydrogens (tertiary/aromatic N) is 3. The van der Waals surface area contributed by atoms with Gasteiger partial charge >= 0.3 is 5.97 Å². The number of fused-ring (bicyclic) bond motifs is 1. The molecule has 174 valence electrons. The molecule has 0 bridgehead atoms. The highest BCUT2D eigenvalue weighted by atomic mass is 16.5. The van der Waals surface area contributed by atoms with Gasteiger partial charge in [0, 0.05) is 24.7 Å². The monoisotopic (exact) mass is 461 g/mol. The van der Waals surface area contributed by atoms with E-state index in [-0.39, 0.29) is 22.4 Å². The second-order valence-electron chi connectivity index (χ2n) is 7.71. The van der Waals surface area contributed by atoms with Crippen molar-refractivity contribution in [1.82, 2.24) is 9.78 Å². The highest BCUT2D eigenvalue weighted by molar-refractivity contribution is 6.10. The van der Waals surface area contributed by atoms with Crippen LogP contribution in [0.4, 0.5) is 5.88 Å². The van der Waals surface area contributed by atoms with Crippen molar-refractivity contribution in [1.29, 1.82) is 0 Å². The summed E-state index contributed by atoms with van der Waals surface area (Å²) in [5.74, 6) is 0.200. The number of aromatic nitrogens is 2. The molecule has 0 aliphatic carbocycles. The predicted octanol–water partition coefficient (Wildman–Crippen LogP) is 3.28. The number of methoxy groups -OCH3 is 2. The number of hydrogen-bond acceptors (Lipinski definition) is 8. The summed E-state index contributed by atoms with van der Waals surface area (Å²) in [5, 5.41) is 4.78. The van der Waals surface area contributed by atoms with Crippen molar-refractivity contribution < 1.29 is 23.4 Å². The van der Waals surface area contributed by atoms with Crippen LogP contribution in [0.5, 0.6) is 5.75 Å². The summed E-state index contributed by atoms with van der Waals surface area (Å²) in [7, 11) is 2.83. The van der Waals surface area contributed by atoms with Gasteiger partial charge < -0.3 is 23.5 Å². The van der Waals surface area contributed by atoms with Crippen molar-refractivity contribution in [2.24, 2.45) is 0 Å². The van der Waals surface area contributed by atoms with Gasteiger partial charge in [-0.05, 0) is 12.1 Å². The minimum Gasteiger partial charge on any atom is -0.497 e. The number of esters is 1. The fourth-order valence-electron chi connectivity index (χ4n) is 4.07. The van der Waals surface area contributed by atoms with E-state index in [9.17, 15) is 9.59 Å². The smallest absolute Gasteiger partial charge is 0.344 e. The summed E-state index contributed by atoms with van der Waals surface area (Å²) in [6.07, 6.45) is 0. The Bertz CT molecular complexity index is 1400. The van der Waals surface area contributed by atoms with Crippen LogP contribution in [0.25, 0.3) is 27.9 Å². The Morgan fingerprint density at radius 3 is 2.50 bits per heavy atom. The van der Waals surface area contributed by atoms with Crippen LogP contribution in [0.2, 0.25) is 0 Å². The van der Waals surface area contributed by atoms with Crippen LogP contribution in [0, 0.1) is 0 Å². The summed E-state index contributed by atoms with van der Waals surface area (Å²) in [4.78, 5) is 28.7. The molecule has 0 amide bonds. The molecule has 4 aromatic rings. The maximum atomic E-state index is 13.8. The summed E-state index contributed by atoms with van der Waals surface area (Å²) in [5.41, 5.74) is 1.49. The van der Waals surface area contributed by atoms with Crippen LogP contribution in [-0.2, 0) is 9.47 Å². The van der Waals surface area contributed by atoms with Gasteiger partial charge in [-0.2, -0.15) is 9.78 Å². The van der Waals surface area contributed by atoms with Gasteiger partial charge in [0.1, 0.15) is 22.4 Å². The Kier molecular flexibility index (Phi) is 5.77. The van der Waals surface area contributed by atoms with E-state index in [4.69, 9.17) is 18.6 Å². The lowest BCUT2D eigenvalue weighted by Crippen LogP contribution is -2.36. The highest BCUT2D eigenvalue weighted by Crippen LogP contribution is 2.36. The zero-order valence-electron chi connectivity index (χ0n) is 18.8. The zero-order valence-corrected chi connectivity index (χ0v) is 18.8. The molecule has 1 aliphatic heterocycles. The van der Waals surface area contributed by atoms with Crippen LogP contribution in [0.3, 0.4) is 0 Å². The van der Waals surface area contributed by atoms with Crippen LogP contribution >= 0.6 is 0 Å². The molecule has 1 aliphatic rings. The molecule has 1 saturated heterocycles. The maximum Gasteiger partial charge on any atom is 0.344 e. The second kappa shape index (κ2) is 9.03. The van der Waals surface area contributed by atoms with E-state index in [1.165, 1.54) is 11.8 Å².